The van der Waals surface area contributed by atoms with E-state index in [0.29, 0.717) is 6.04 Å². The summed E-state index contributed by atoms with van der Waals surface area (Å²) < 4.78 is 0. The molecule has 0 amide bonds. The van der Waals surface area contributed by atoms with Gasteiger partial charge in [0, 0.05) is 6.04 Å². The van der Waals surface area contributed by atoms with Crippen LogP contribution in [0.25, 0.3) is 0 Å². The van der Waals surface area contributed by atoms with Crippen molar-refractivity contribution in [3.63, 3.8) is 0 Å². The molecule has 0 aromatic carbocycles. The van der Waals surface area contributed by atoms with Gasteiger partial charge in [-0.2, -0.15) is 5.48 Å². The fourth-order valence-corrected chi connectivity index (χ4v) is 2.59. The summed E-state index contributed by atoms with van der Waals surface area (Å²) in [5.41, 5.74) is 3.23. The van der Waals surface area contributed by atoms with Gasteiger partial charge in [0.05, 0.1) is 5.60 Å². The molecule has 96 valence electrons. The Morgan fingerprint density at radius 3 is 2.31 bits per heavy atom. The van der Waals surface area contributed by atoms with Crippen LogP contribution in [-0.2, 0) is 4.84 Å². The minimum absolute atomic E-state index is 0.0950. The van der Waals surface area contributed by atoms with Crippen molar-refractivity contribution in [2.75, 3.05) is 0 Å². The normalized spacial score (nSPS) is 32.1. The fourth-order valence-electron chi connectivity index (χ4n) is 2.59. The first kappa shape index (κ1) is 14.0. The third-order valence-electron chi connectivity index (χ3n) is 3.54. The first-order chi connectivity index (χ1) is 7.29. The molecule has 0 aliphatic heterocycles. The second-order valence-electron chi connectivity index (χ2n) is 6.76. The zero-order valence-electron chi connectivity index (χ0n) is 11.8. The van der Waals surface area contributed by atoms with E-state index in [0.717, 1.165) is 17.8 Å². The number of hydroxylamine groups is 1. The van der Waals surface area contributed by atoms with Crippen LogP contribution in [0.15, 0.2) is 0 Å². The third kappa shape index (κ3) is 4.42. The highest BCUT2D eigenvalue weighted by Gasteiger charge is 2.31. The summed E-state index contributed by atoms with van der Waals surface area (Å²) in [6, 6.07) is 0.531. The van der Waals surface area contributed by atoms with Gasteiger partial charge >= 0.3 is 0 Å². The molecule has 0 aromatic heterocycles. The summed E-state index contributed by atoms with van der Waals surface area (Å²) in [4.78, 5) is 5.75. The molecular formula is C14H29NO. The Labute approximate surface area is 101 Å². The van der Waals surface area contributed by atoms with Gasteiger partial charge in [-0.25, -0.2) is 0 Å². The SMILES string of the molecule is CC1CCC(C(C)C)C(NOC(C)(C)C)C1. The van der Waals surface area contributed by atoms with Gasteiger partial charge in [0.1, 0.15) is 0 Å². The number of hydrogen-bond donors (Lipinski definition) is 1. The van der Waals surface area contributed by atoms with Crippen molar-refractivity contribution in [1.82, 2.24) is 5.48 Å². The summed E-state index contributed by atoms with van der Waals surface area (Å²) in [6.07, 6.45) is 3.96. The van der Waals surface area contributed by atoms with E-state index >= 15 is 0 Å². The lowest BCUT2D eigenvalue weighted by atomic mass is 9.74. The quantitative estimate of drug-likeness (QED) is 0.741. The number of nitrogens with one attached hydrogen (secondary N) is 1. The Kier molecular flexibility index (Phi) is 4.81. The maximum atomic E-state index is 5.75. The van der Waals surface area contributed by atoms with Crippen molar-refractivity contribution >= 4 is 0 Å². The Bertz CT molecular complexity index is 207. The van der Waals surface area contributed by atoms with E-state index in [9.17, 15) is 0 Å². The lowest BCUT2D eigenvalue weighted by Crippen LogP contribution is -2.45. The summed E-state index contributed by atoms with van der Waals surface area (Å²) in [6.45, 7) is 13.3. The van der Waals surface area contributed by atoms with Crippen molar-refractivity contribution < 1.29 is 4.84 Å². The van der Waals surface area contributed by atoms with Crippen LogP contribution < -0.4 is 5.48 Å². The second kappa shape index (κ2) is 5.50. The maximum absolute atomic E-state index is 5.75. The highest BCUT2D eigenvalue weighted by atomic mass is 16.7. The van der Waals surface area contributed by atoms with Crippen molar-refractivity contribution in [1.29, 1.82) is 0 Å². The van der Waals surface area contributed by atoms with Crippen LogP contribution in [0.1, 0.15) is 60.8 Å². The van der Waals surface area contributed by atoms with E-state index in [1.165, 1.54) is 19.3 Å². The molecule has 0 aromatic rings. The number of rotatable bonds is 3. The van der Waals surface area contributed by atoms with Gasteiger partial charge < -0.3 is 0 Å². The molecule has 1 fully saturated rings. The molecule has 16 heavy (non-hydrogen) atoms. The summed E-state index contributed by atoms with van der Waals surface area (Å²) in [5.74, 6) is 2.34. The monoisotopic (exact) mass is 227 g/mol. The summed E-state index contributed by atoms with van der Waals surface area (Å²) in [7, 11) is 0. The molecule has 2 heteroatoms. The molecule has 0 spiro atoms. The zero-order valence-corrected chi connectivity index (χ0v) is 11.8. The standard InChI is InChI=1S/C14H29NO/c1-10(2)12-8-7-11(3)9-13(12)15-16-14(4,5)6/h10-13,15H,7-9H2,1-6H3. The number of hydrogen-bond acceptors (Lipinski definition) is 2. The molecule has 0 heterocycles. The highest BCUT2D eigenvalue weighted by Crippen LogP contribution is 2.33. The van der Waals surface area contributed by atoms with E-state index < -0.39 is 0 Å². The molecule has 1 rings (SSSR count). The van der Waals surface area contributed by atoms with Crippen LogP contribution in [-0.4, -0.2) is 11.6 Å². The molecule has 1 aliphatic rings. The molecule has 1 saturated carbocycles. The van der Waals surface area contributed by atoms with Gasteiger partial charge in [0.2, 0.25) is 0 Å². The smallest absolute Gasteiger partial charge is 0.0813 e. The Balaban J connectivity index is 2.51. The van der Waals surface area contributed by atoms with Crippen LogP contribution in [0.2, 0.25) is 0 Å². The first-order valence-electron chi connectivity index (χ1n) is 6.73. The minimum atomic E-state index is -0.0950. The Morgan fingerprint density at radius 2 is 1.81 bits per heavy atom. The van der Waals surface area contributed by atoms with E-state index in [4.69, 9.17) is 4.84 Å². The highest BCUT2D eigenvalue weighted by molar-refractivity contribution is 4.83. The predicted molar refractivity (Wildman–Crippen MR) is 69.1 cm³/mol. The van der Waals surface area contributed by atoms with E-state index in [2.05, 4.69) is 47.0 Å². The molecule has 3 unspecified atom stereocenters. The lowest BCUT2D eigenvalue weighted by molar-refractivity contribution is -0.107. The molecule has 0 saturated heterocycles. The topological polar surface area (TPSA) is 21.3 Å². The van der Waals surface area contributed by atoms with Gasteiger partial charge in [0.15, 0.2) is 0 Å². The zero-order chi connectivity index (χ0) is 12.3. The second-order valence-corrected chi connectivity index (χ2v) is 6.76. The molecule has 1 N–H and O–H groups in total. The summed E-state index contributed by atoms with van der Waals surface area (Å²) >= 11 is 0. The van der Waals surface area contributed by atoms with E-state index in [1.807, 2.05) is 0 Å². The van der Waals surface area contributed by atoms with Crippen LogP contribution in [0.3, 0.4) is 0 Å². The fraction of sp³-hybridized carbons (Fsp3) is 1.00. The van der Waals surface area contributed by atoms with Crippen molar-refractivity contribution in [3.8, 4) is 0 Å². The van der Waals surface area contributed by atoms with Crippen molar-refractivity contribution in [2.24, 2.45) is 17.8 Å². The van der Waals surface area contributed by atoms with Crippen LogP contribution >= 0.6 is 0 Å². The van der Waals surface area contributed by atoms with Gasteiger partial charge in [-0.1, -0.05) is 27.2 Å². The average Bonchev–Trinajstić information content (AvgIpc) is 2.13. The van der Waals surface area contributed by atoms with Crippen molar-refractivity contribution in [2.45, 2.75) is 72.4 Å². The van der Waals surface area contributed by atoms with Crippen LogP contribution in [0, 0.1) is 17.8 Å². The first-order valence-corrected chi connectivity index (χ1v) is 6.73. The Morgan fingerprint density at radius 1 is 1.19 bits per heavy atom. The third-order valence-corrected chi connectivity index (χ3v) is 3.54. The largest absolute Gasteiger partial charge is 0.296 e. The van der Waals surface area contributed by atoms with E-state index in [1.54, 1.807) is 0 Å². The van der Waals surface area contributed by atoms with Crippen molar-refractivity contribution in [3.05, 3.63) is 0 Å². The molecular weight excluding hydrogens is 198 g/mol. The van der Waals surface area contributed by atoms with Crippen LogP contribution in [0.4, 0.5) is 0 Å². The van der Waals surface area contributed by atoms with Gasteiger partial charge in [0.25, 0.3) is 0 Å². The van der Waals surface area contributed by atoms with E-state index in [-0.39, 0.29) is 5.60 Å². The lowest BCUT2D eigenvalue weighted by Gasteiger charge is -2.38. The summed E-state index contributed by atoms with van der Waals surface area (Å²) in [5, 5.41) is 0. The molecule has 0 radical (unpaired) electrons. The minimum Gasteiger partial charge on any atom is -0.296 e. The Hall–Kier alpha value is -0.0800. The molecule has 2 nitrogen and oxygen atoms in total. The predicted octanol–water partition coefficient (Wildman–Crippen LogP) is 3.77. The van der Waals surface area contributed by atoms with Gasteiger partial charge in [-0.05, 0) is 51.4 Å². The van der Waals surface area contributed by atoms with Gasteiger partial charge in [-0.15, -0.1) is 0 Å². The maximum Gasteiger partial charge on any atom is 0.0813 e. The average molecular weight is 227 g/mol. The van der Waals surface area contributed by atoms with Crippen LogP contribution in [0.5, 0.6) is 0 Å². The van der Waals surface area contributed by atoms with Gasteiger partial charge in [-0.3, -0.25) is 4.84 Å². The molecule has 0 bridgehead atoms. The molecule has 3 atom stereocenters. The molecule has 1 aliphatic carbocycles.